The number of benzene rings is 1. The van der Waals surface area contributed by atoms with Gasteiger partial charge in [-0.05, 0) is 37.5 Å². The summed E-state index contributed by atoms with van der Waals surface area (Å²) in [5.74, 6) is -0.922. The largest absolute Gasteiger partial charge is 0.507 e. The number of methoxy groups -OCH3 is 1. The maximum absolute atomic E-state index is 12.6. The first-order valence-electron chi connectivity index (χ1n) is 8.28. The lowest BCUT2D eigenvalue weighted by molar-refractivity contribution is -0.127. The Hall–Kier alpha value is -2.64. The van der Waals surface area contributed by atoms with Crippen LogP contribution < -0.4 is 10.1 Å². The highest BCUT2D eigenvalue weighted by Crippen LogP contribution is 2.29. The van der Waals surface area contributed by atoms with Crippen molar-refractivity contribution >= 4 is 17.8 Å². The minimum Gasteiger partial charge on any atom is -0.507 e. The Labute approximate surface area is 151 Å². The summed E-state index contributed by atoms with van der Waals surface area (Å²) in [6, 6.07) is 2.61. The Morgan fingerprint density at radius 1 is 1.12 bits per heavy atom. The number of aliphatic hydroxyl groups excluding tert-OH is 2. The van der Waals surface area contributed by atoms with Crippen molar-refractivity contribution in [1.29, 1.82) is 0 Å². The van der Waals surface area contributed by atoms with E-state index in [9.17, 15) is 24.9 Å². The summed E-state index contributed by atoms with van der Waals surface area (Å²) < 4.78 is 5.11. The average Bonchev–Trinajstić information content (AvgIpc) is 2.59. The van der Waals surface area contributed by atoms with Gasteiger partial charge in [0.15, 0.2) is 5.78 Å². The number of ether oxygens (including phenoxy) is 1. The van der Waals surface area contributed by atoms with Gasteiger partial charge in [-0.25, -0.2) is 0 Å². The molecule has 0 fully saturated rings. The number of amides is 1. The molecule has 0 saturated heterocycles. The van der Waals surface area contributed by atoms with Crippen LogP contribution in [0.5, 0.6) is 11.5 Å². The number of fused-ring (bicyclic) bond motifs is 1. The molecule has 0 aliphatic carbocycles. The average molecular weight is 361 g/mol. The van der Waals surface area contributed by atoms with E-state index in [1.54, 1.807) is 13.0 Å². The summed E-state index contributed by atoms with van der Waals surface area (Å²) in [6.45, 7) is 1.75. The third-order valence-corrected chi connectivity index (χ3v) is 4.06. The van der Waals surface area contributed by atoms with E-state index in [4.69, 9.17) is 4.74 Å². The van der Waals surface area contributed by atoms with Gasteiger partial charge in [-0.2, -0.15) is 0 Å². The summed E-state index contributed by atoms with van der Waals surface area (Å²) in [7, 11) is 1.44. The summed E-state index contributed by atoms with van der Waals surface area (Å²) in [4.78, 5) is 24.4. The molecule has 1 amide bonds. The van der Waals surface area contributed by atoms with Crippen LogP contribution in [0.1, 0.15) is 35.7 Å². The van der Waals surface area contributed by atoms with Crippen LogP contribution in [0.15, 0.2) is 30.4 Å². The number of ketones is 1. The van der Waals surface area contributed by atoms with Gasteiger partial charge in [0.05, 0.1) is 18.8 Å². The van der Waals surface area contributed by atoms with Crippen LogP contribution in [-0.2, 0) is 4.79 Å². The van der Waals surface area contributed by atoms with E-state index in [1.807, 2.05) is 0 Å². The molecule has 7 nitrogen and oxygen atoms in total. The predicted octanol–water partition coefficient (Wildman–Crippen LogP) is 1.17. The molecule has 0 bridgehead atoms. The number of nitrogens with one attached hydrogen (secondary N) is 1. The Bertz CT molecular complexity index is 740. The Morgan fingerprint density at radius 2 is 1.81 bits per heavy atom. The quantitative estimate of drug-likeness (QED) is 0.597. The van der Waals surface area contributed by atoms with Gasteiger partial charge in [0, 0.05) is 12.1 Å². The maximum atomic E-state index is 12.6. The predicted molar refractivity (Wildman–Crippen MR) is 96.0 cm³/mol. The molecule has 26 heavy (non-hydrogen) atoms. The molecule has 1 aromatic rings. The molecule has 0 aromatic heterocycles. The molecule has 1 aliphatic heterocycles. The molecule has 3 unspecified atom stereocenters. The number of hydrogen-bond donors (Lipinski definition) is 4. The zero-order valence-corrected chi connectivity index (χ0v) is 14.7. The van der Waals surface area contributed by atoms with E-state index >= 15 is 0 Å². The Balaban J connectivity index is 2.45. The third-order valence-electron chi connectivity index (χ3n) is 4.06. The molecule has 0 radical (unpaired) electrons. The van der Waals surface area contributed by atoms with Crippen molar-refractivity contribution in [3.05, 3.63) is 41.5 Å². The highest BCUT2D eigenvalue weighted by Gasteiger charge is 2.22. The summed E-state index contributed by atoms with van der Waals surface area (Å²) in [5, 5.41) is 32.8. The van der Waals surface area contributed by atoms with E-state index in [0.717, 1.165) is 0 Å². The molecule has 3 atom stereocenters. The molecular formula is C19H23NO6. The first-order valence-corrected chi connectivity index (χ1v) is 8.28. The second-order valence-corrected chi connectivity index (χ2v) is 6.18. The van der Waals surface area contributed by atoms with Gasteiger partial charge in [0.2, 0.25) is 0 Å². The highest BCUT2D eigenvalue weighted by atomic mass is 16.5. The van der Waals surface area contributed by atoms with E-state index in [0.29, 0.717) is 17.7 Å². The van der Waals surface area contributed by atoms with Gasteiger partial charge in [-0.15, -0.1) is 0 Å². The summed E-state index contributed by atoms with van der Waals surface area (Å²) >= 11 is 0. The van der Waals surface area contributed by atoms with E-state index in [2.05, 4.69) is 5.32 Å². The van der Waals surface area contributed by atoms with Gasteiger partial charge < -0.3 is 25.4 Å². The Kier molecular flexibility index (Phi) is 6.54. The van der Waals surface area contributed by atoms with Crippen molar-refractivity contribution in [1.82, 2.24) is 5.32 Å². The van der Waals surface area contributed by atoms with Crippen molar-refractivity contribution in [3.8, 4) is 11.5 Å². The van der Waals surface area contributed by atoms with Crippen LogP contribution in [0.25, 0.3) is 6.08 Å². The number of phenols is 1. The summed E-state index contributed by atoms with van der Waals surface area (Å²) in [5.41, 5.74) is 0.480. The van der Waals surface area contributed by atoms with E-state index < -0.39 is 23.9 Å². The lowest BCUT2D eigenvalue weighted by atomic mass is 10.0. The molecule has 2 rings (SSSR count). The van der Waals surface area contributed by atoms with Gasteiger partial charge in [-0.3, -0.25) is 9.59 Å². The van der Waals surface area contributed by atoms with Crippen LogP contribution in [0.2, 0.25) is 0 Å². The van der Waals surface area contributed by atoms with Crippen molar-refractivity contribution in [3.63, 3.8) is 0 Å². The van der Waals surface area contributed by atoms with Crippen LogP contribution >= 0.6 is 0 Å². The van der Waals surface area contributed by atoms with Gasteiger partial charge in [0.1, 0.15) is 17.6 Å². The van der Waals surface area contributed by atoms with E-state index in [-0.39, 0.29) is 23.8 Å². The lowest BCUT2D eigenvalue weighted by Crippen LogP contribution is -2.34. The van der Waals surface area contributed by atoms with Crippen LogP contribution in [-0.4, -0.2) is 52.4 Å². The zero-order valence-electron chi connectivity index (χ0n) is 14.7. The SMILES string of the molecule is COc1cc(O)c2c(c1)/C=C/CC(O)C(O)C(=O)/C=C\CC(C)NC2=O. The minimum atomic E-state index is -1.53. The van der Waals surface area contributed by atoms with Crippen LogP contribution in [0.4, 0.5) is 0 Å². The fourth-order valence-corrected chi connectivity index (χ4v) is 2.61. The maximum Gasteiger partial charge on any atom is 0.255 e. The third kappa shape index (κ3) is 4.71. The topological polar surface area (TPSA) is 116 Å². The number of phenolic OH excluding ortho intramolecular Hbond substituents is 1. The Morgan fingerprint density at radius 3 is 2.50 bits per heavy atom. The van der Waals surface area contributed by atoms with Gasteiger partial charge >= 0.3 is 0 Å². The number of hydrogen-bond acceptors (Lipinski definition) is 6. The first-order chi connectivity index (χ1) is 12.3. The molecule has 140 valence electrons. The van der Waals surface area contributed by atoms with Crippen molar-refractivity contribution in [2.45, 2.75) is 38.0 Å². The van der Waals surface area contributed by atoms with E-state index in [1.165, 1.54) is 37.5 Å². The lowest BCUT2D eigenvalue weighted by Gasteiger charge is -2.17. The molecule has 1 heterocycles. The van der Waals surface area contributed by atoms with Crippen LogP contribution in [0.3, 0.4) is 0 Å². The number of carbonyl (C=O) groups is 2. The molecule has 0 spiro atoms. The number of carbonyl (C=O) groups excluding carboxylic acids is 2. The molecule has 1 aromatic carbocycles. The fourth-order valence-electron chi connectivity index (χ4n) is 2.61. The second-order valence-electron chi connectivity index (χ2n) is 6.18. The van der Waals surface area contributed by atoms with Crippen molar-refractivity contribution < 1.29 is 29.6 Å². The monoisotopic (exact) mass is 361 g/mol. The summed E-state index contributed by atoms with van der Waals surface area (Å²) in [6.07, 6.45) is 3.32. The number of rotatable bonds is 1. The van der Waals surface area contributed by atoms with Gasteiger partial charge in [0.25, 0.3) is 5.91 Å². The molecular weight excluding hydrogens is 338 g/mol. The fraction of sp³-hybridized carbons (Fsp3) is 0.368. The number of aromatic hydroxyl groups is 1. The molecule has 7 heteroatoms. The first kappa shape index (κ1) is 19.7. The smallest absolute Gasteiger partial charge is 0.255 e. The zero-order chi connectivity index (χ0) is 19.3. The van der Waals surface area contributed by atoms with Crippen molar-refractivity contribution in [2.75, 3.05) is 7.11 Å². The molecule has 0 saturated carbocycles. The molecule has 4 N–H and O–H groups in total. The normalized spacial score (nSPS) is 27.0. The highest BCUT2D eigenvalue weighted by molar-refractivity contribution is 6.01. The van der Waals surface area contributed by atoms with Crippen LogP contribution in [0, 0.1) is 0 Å². The molecule has 1 aliphatic rings. The standard InChI is InChI=1S/C19H23NO6/c1-11-5-3-7-14(21)18(24)15(22)8-4-6-12-9-13(26-2)10-16(23)17(12)19(25)20-11/h3-4,6-7,9-11,15,18,22-24H,5,8H2,1-2H3,(H,20,25)/b6-4+,7-3-. The van der Waals surface area contributed by atoms with Crippen molar-refractivity contribution in [2.24, 2.45) is 0 Å². The number of aliphatic hydroxyl groups is 2. The minimum absolute atomic E-state index is 0.00379. The second kappa shape index (κ2) is 8.64. The van der Waals surface area contributed by atoms with Gasteiger partial charge in [-0.1, -0.05) is 18.2 Å².